The normalized spacial score (nSPS) is 16.9. The number of alkyl halides is 21. The molecule has 0 nitrogen and oxygen atoms in total. The predicted octanol–water partition coefficient (Wildman–Crippen LogP) is 10.9. The van der Waals surface area contributed by atoms with E-state index in [0.29, 0.717) is 0 Å². The van der Waals surface area contributed by atoms with Crippen LogP contribution in [0.15, 0.2) is 0 Å². The monoisotopic (exact) mass is 722 g/mol. The molecule has 0 spiro atoms. The van der Waals surface area contributed by atoms with Gasteiger partial charge in [-0.25, -0.2) is 0 Å². The third kappa shape index (κ3) is 6.05. The van der Waals surface area contributed by atoms with Crippen LogP contribution in [-0.2, 0) is 0 Å². The van der Waals surface area contributed by atoms with Gasteiger partial charge in [-0.15, -0.1) is 0 Å². The Labute approximate surface area is 237 Å². The maximum absolute atomic E-state index is 15.6. The van der Waals surface area contributed by atoms with Crippen LogP contribution in [0.3, 0.4) is 0 Å². The van der Waals surface area contributed by atoms with Crippen molar-refractivity contribution in [2.24, 2.45) is 17.8 Å². The third-order valence-electron chi connectivity index (χ3n) is 6.57. The second kappa shape index (κ2) is 11.9. The third-order valence-corrected chi connectivity index (χ3v) is 13.0. The Kier molecular flexibility index (Phi) is 11.6. The fraction of sp³-hybridized carbons (Fsp3) is 1.00. The van der Waals surface area contributed by atoms with E-state index in [9.17, 15) is 83.4 Å². The van der Waals surface area contributed by atoms with E-state index in [4.69, 9.17) is 0 Å². The van der Waals surface area contributed by atoms with Gasteiger partial charge < -0.3 is 0 Å². The predicted molar refractivity (Wildman–Crippen MR) is 118 cm³/mol. The molecule has 0 radical (unpaired) electrons. The van der Waals surface area contributed by atoms with Gasteiger partial charge in [0.2, 0.25) is 0 Å². The molecule has 0 aromatic rings. The minimum absolute atomic E-state index is 1.07. The molecule has 0 aromatic heterocycles. The van der Waals surface area contributed by atoms with Crippen molar-refractivity contribution < 1.29 is 92.2 Å². The van der Waals surface area contributed by atoms with Crippen molar-refractivity contribution >= 4 is 7.26 Å². The molecule has 0 fully saturated rings. The first kappa shape index (κ1) is 43.0. The second-order valence-corrected chi connectivity index (χ2v) is 16.2. The average molecular weight is 722 g/mol. The van der Waals surface area contributed by atoms with Crippen LogP contribution in [-0.4, -0.2) is 77.7 Å². The molecule has 0 aliphatic carbocycles. The molecule has 0 saturated heterocycles. The van der Waals surface area contributed by atoms with Crippen molar-refractivity contribution in [3.05, 3.63) is 0 Å². The van der Waals surface area contributed by atoms with Gasteiger partial charge >= 0.3 is 236 Å². The van der Waals surface area contributed by atoms with Gasteiger partial charge in [-0.3, -0.25) is 0 Å². The molecule has 22 heteroatoms. The van der Waals surface area contributed by atoms with E-state index >= 15 is 8.78 Å². The van der Waals surface area contributed by atoms with Gasteiger partial charge in [0, 0.05) is 0 Å². The van der Waals surface area contributed by atoms with E-state index in [1.807, 2.05) is 0 Å². The standard InChI is InChI=1S/C22H28F21P/c1-10(2)7-44(8-11(3)4,9-12(5)6)22(42,43)20(37,38)18(33,34)16(29,30)14(25,26)13(23,24)15(27,28)17(31,32)19(35,36)21(39,40)41/h10-12,44H,7-9H2,1-6H3. The van der Waals surface area contributed by atoms with E-state index in [-0.39, 0.29) is 0 Å². The van der Waals surface area contributed by atoms with Crippen molar-refractivity contribution in [2.75, 3.05) is 18.5 Å². The van der Waals surface area contributed by atoms with Crippen LogP contribution < -0.4 is 0 Å². The Morgan fingerprint density at radius 3 is 0.682 bits per heavy atom. The van der Waals surface area contributed by atoms with Crippen LogP contribution >= 0.6 is 7.26 Å². The van der Waals surface area contributed by atoms with Gasteiger partial charge in [-0.05, 0) is 0 Å². The maximum atomic E-state index is 15.6. The van der Waals surface area contributed by atoms with E-state index in [0.717, 1.165) is 41.5 Å². The average Bonchev–Trinajstić information content (AvgIpc) is 2.75. The molecule has 0 aliphatic rings. The molecule has 0 aliphatic heterocycles. The van der Waals surface area contributed by atoms with Crippen molar-refractivity contribution in [3.8, 4) is 0 Å². The van der Waals surface area contributed by atoms with Crippen molar-refractivity contribution in [1.82, 2.24) is 0 Å². The summed E-state index contributed by atoms with van der Waals surface area (Å²) < 4.78 is 292. The van der Waals surface area contributed by atoms with Gasteiger partial charge in [0.1, 0.15) is 0 Å². The minimum atomic E-state index is -9.15. The molecule has 0 bridgehead atoms. The Bertz CT molecular complexity index is 950. The van der Waals surface area contributed by atoms with Gasteiger partial charge in [0.15, 0.2) is 0 Å². The number of hydrogen-bond acceptors (Lipinski definition) is 0. The SMILES string of the molecule is CC(C)C[PH](CC(C)C)(CC(C)C)C(F)(F)C(F)(F)C(F)(F)C(F)(F)C(F)(F)C(F)(F)C(F)(F)C(F)(F)C(F)(F)C(F)(F)F. The van der Waals surface area contributed by atoms with Gasteiger partial charge in [0.05, 0.1) is 0 Å². The summed E-state index contributed by atoms with van der Waals surface area (Å²) in [4.78, 5) is 0. The number of rotatable bonds is 15. The van der Waals surface area contributed by atoms with Crippen LogP contribution in [0.4, 0.5) is 92.2 Å². The Balaban J connectivity index is 7.58. The first-order chi connectivity index (χ1) is 18.7. The summed E-state index contributed by atoms with van der Waals surface area (Å²) in [7, 11) is -5.58. The van der Waals surface area contributed by atoms with Crippen LogP contribution in [0, 0.1) is 17.8 Å². The van der Waals surface area contributed by atoms with Crippen molar-refractivity contribution in [3.63, 3.8) is 0 Å². The Morgan fingerprint density at radius 1 is 0.318 bits per heavy atom. The fourth-order valence-electron chi connectivity index (χ4n) is 4.87. The van der Waals surface area contributed by atoms with Gasteiger partial charge in [-0.1, -0.05) is 0 Å². The zero-order valence-corrected chi connectivity index (χ0v) is 24.3. The first-order valence-corrected chi connectivity index (χ1v) is 14.8. The summed E-state index contributed by atoms with van der Waals surface area (Å²) in [5, 5.41) is 0. The summed E-state index contributed by atoms with van der Waals surface area (Å²) >= 11 is 0. The molecule has 44 heavy (non-hydrogen) atoms. The van der Waals surface area contributed by atoms with Crippen molar-refractivity contribution in [1.29, 1.82) is 0 Å². The zero-order valence-electron chi connectivity index (χ0n) is 23.3. The summed E-state index contributed by atoms with van der Waals surface area (Å²) in [6.45, 7) is 6.40. The molecular weight excluding hydrogens is 694 g/mol. The van der Waals surface area contributed by atoms with Gasteiger partial charge in [0.25, 0.3) is 0 Å². The van der Waals surface area contributed by atoms with Crippen LogP contribution in [0.5, 0.6) is 0 Å². The van der Waals surface area contributed by atoms with Crippen LogP contribution in [0.25, 0.3) is 0 Å². The summed E-state index contributed by atoms with van der Waals surface area (Å²) in [6.07, 6.45) is -11.3. The Morgan fingerprint density at radius 2 is 0.500 bits per heavy atom. The quantitative estimate of drug-likeness (QED) is 0.117. The molecule has 0 rings (SSSR count). The topological polar surface area (TPSA) is 0 Å². The molecular formula is C22H28F21P. The molecule has 0 unspecified atom stereocenters. The van der Waals surface area contributed by atoms with Crippen LogP contribution in [0.2, 0.25) is 0 Å². The van der Waals surface area contributed by atoms with E-state index in [2.05, 4.69) is 0 Å². The molecule has 0 atom stereocenters. The zero-order chi connectivity index (χ0) is 36.4. The molecule has 0 saturated carbocycles. The van der Waals surface area contributed by atoms with Crippen LogP contribution in [0.1, 0.15) is 41.5 Å². The molecule has 268 valence electrons. The van der Waals surface area contributed by atoms with E-state index in [1.165, 1.54) is 0 Å². The van der Waals surface area contributed by atoms with Gasteiger partial charge in [-0.2, -0.15) is 0 Å². The van der Waals surface area contributed by atoms with E-state index < -0.39 is 103 Å². The number of halogens is 21. The Hall–Kier alpha value is -1.04. The summed E-state index contributed by atoms with van der Waals surface area (Å²) in [6, 6.07) is 0. The molecule has 0 amide bonds. The molecule has 0 N–H and O–H groups in total. The number of hydrogen-bond donors (Lipinski definition) is 0. The molecule has 0 heterocycles. The summed E-state index contributed by atoms with van der Waals surface area (Å²) in [5.74, 6) is -73.3. The second-order valence-electron chi connectivity index (χ2n) is 11.7. The fourth-order valence-corrected chi connectivity index (χ4v) is 11.7. The van der Waals surface area contributed by atoms with E-state index in [1.54, 1.807) is 0 Å². The summed E-state index contributed by atoms with van der Waals surface area (Å²) in [5.41, 5.74) is -6.48. The first-order valence-electron chi connectivity index (χ1n) is 12.2. The molecule has 0 aromatic carbocycles. The van der Waals surface area contributed by atoms with Crippen molar-refractivity contribution in [2.45, 2.75) is 101 Å².